The van der Waals surface area contributed by atoms with Gasteiger partial charge in [0.15, 0.2) is 0 Å². The summed E-state index contributed by atoms with van der Waals surface area (Å²) in [4.78, 5) is 21.1. The Morgan fingerprint density at radius 1 is 1.60 bits per heavy atom. The van der Waals surface area contributed by atoms with Crippen molar-refractivity contribution in [3.05, 3.63) is 0 Å². The summed E-state index contributed by atoms with van der Waals surface area (Å²) in [6.07, 6.45) is -0.288. The first-order valence-electron chi connectivity index (χ1n) is 2.85. The Labute approximate surface area is 57.7 Å². The van der Waals surface area contributed by atoms with Crippen LogP contribution >= 0.6 is 0 Å². The van der Waals surface area contributed by atoms with Gasteiger partial charge >= 0.3 is 6.03 Å². The van der Waals surface area contributed by atoms with Crippen LogP contribution in [-0.2, 0) is 9.53 Å². The van der Waals surface area contributed by atoms with Gasteiger partial charge in [0.2, 0.25) is 5.91 Å². The first-order valence-corrected chi connectivity index (χ1v) is 2.85. The molecule has 0 radical (unpaired) electrons. The fourth-order valence-corrected chi connectivity index (χ4v) is 0.722. The van der Waals surface area contributed by atoms with Crippen molar-refractivity contribution in [2.75, 3.05) is 7.11 Å². The number of rotatable bonds is 1. The van der Waals surface area contributed by atoms with Gasteiger partial charge in [0.1, 0.15) is 6.23 Å². The molecular weight excluding hydrogens is 136 g/mol. The molecule has 0 saturated carbocycles. The molecule has 0 spiro atoms. The minimum atomic E-state index is -0.497. The molecule has 1 saturated heterocycles. The first kappa shape index (κ1) is 7.01. The maximum Gasteiger partial charge on any atom is 0.323 e. The lowest BCUT2D eigenvalue weighted by Crippen LogP contribution is -2.52. The largest absolute Gasteiger partial charge is 0.361 e. The standard InChI is InChI=1S/C5H8N2O3/c1-10-4-2-3(8)6-5(9)7-4/h4H,2H2,1H3,(H2,6,7,8,9). The van der Waals surface area contributed by atoms with E-state index < -0.39 is 12.3 Å². The molecule has 5 nitrogen and oxygen atoms in total. The number of imide groups is 1. The van der Waals surface area contributed by atoms with Gasteiger partial charge in [-0.15, -0.1) is 0 Å². The number of carbonyl (C=O) groups is 2. The molecule has 1 aliphatic rings. The Hall–Kier alpha value is -1.10. The molecule has 1 aliphatic heterocycles. The molecule has 10 heavy (non-hydrogen) atoms. The minimum Gasteiger partial charge on any atom is -0.361 e. The van der Waals surface area contributed by atoms with Crippen LogP contribution in [0.2, 0.25) is 0 Å². The highest BCUT2D eigenvalue weighted by molar-refractivity contribution is 5.96. The van der Waals surface area contributed by atoms with Crippen LogP contribution < -0.4 is 10.6 Å². The van der Waals surface area contributed by atoms with Crippen LogP contribution in [0.4, 0.5) is 4.79 Å². The number of carbonyl (C=O) groups excluding carboxylic acids is 2. The molecule has 1 atom stereocenters. The topological polar surface area (TPSA) is 67.4 Å². The van der Waals surface area contributed by atoms with E-state index >= 15 is 0 Å². The molecule has 2 N–H and O–H groups in total. The van der Waals surface area contributed by atoms with Crippen molar-refractivity contribution < 1.29 is 14.3 Å². The van der Waals surface area contributed by atoms with Gasteiger partial charge in [-0.1, -0.05) is 0 Å². The van der Waals surface area contributed by atoms with E-state index in [1.807, 2.05) is 0 Å². The number of methoxy groups -OCH3 is 1. The highest BCUT2D eigenvalue weighted by atomic mass is 16.5. The molecule has 56 valence electrons. The SMILES string of the molecule is COC1CC(=O)NC(=O)N1. The Kier molecular flexibility index (Phi) is 1.86. The number of nitrogens with one attached hydrogen (secondary N) is 2. The van der Waals surface area contributed by atoms with Gasteiger partial charge in [-0.3, -0.25) is 10.1 Å². The van der Waals surface area contributed by atoms with E-state index in [2.05, 4.69) is 10.6 Å². The zero-order chi connectivity index (χ0) is 7.56. The van der Waals surface area contributed by atoms with Crippen molar-refractivity contribution in [2.45, 2.75) is 12.6 Å². The van der Waals surface area contributed by atoms with Crippen LogP contribution in [0.15, 0.2) is 0 Å². The molecule has 0 aromatic heterocycles. The van der Waals surface area contributed by atoms with Gasteiger partial charge in [0.05, 0.1) is 6.42 Å². The zero-order valence-electron chi connectivity index (χ0n) is 5.51. The predicted molar refractivity (Wildman–Crippen MR) is 32.1 cm³/mol. The fraction of sp³-hybridized carbons (Fsp3) is 0.600. The van der Waals surface area contributed by atoms with Crippen LogP contribution in [0.3, 0.4) is 0 Å². The maximum atomic E-state index is 10.6. The molecule has 0 aromatic rings. The van der Waals surface area contributed by atoms with E-state index in [4.69, 9.17) is 4.74 Å². The Balaban J connectivity index is 2.50. The van der Waals surface area contributed by atoms with Crippen molar-refractivity contribution in [3.63, 3.8) is 0 Å². The third kappa shape index (κ3) is 1.44. The second-order valence-electron chi connectivity index (χ2n) is 1.95. The Morgan fingerprint density at radius 2 is 2.30 bits per heavy atom. The number of amides is 3. The number of hydrogen-bond donors (Lipinski definition) is 2. The average Bonchev–Trinajstić information content (AvgIpc) is 1.85. The lowest BCUT2D eigenvalue weighted by molar-refractivity contribution is -0.124. The quantitative estimate of drug-likeness (QED) is 0.505. The molecule has 0 bridgehead atoms. The van der Waals surface area contributed by atoms with Crippen LogP contribution in [-0.4, -0.2) is 25.3 Å². The average molecular weight is 144 g/mol. The molecule has 1 heterocycles. The third-order valence-corrected chi connectivity index (χ3v) is 1.20. The van der Waals surface area contributed by atoms with Gasteiger partial charge in [0, 0.05) is 7.11 Å². The fourth-order valence-electron chi connectivity index (χ4n) is 0.722. The summed E-state index contributed by atoms with van der Waals surface area (Å²) in [6.45, 7) is 0. The zero-order valence-corrected chi connectivity index (χ0v) is 5.51. The lowest BCUT2D eigenvalue weighted by atomic mass is 10.3. The lowest BCUT2D eigenvalue weighted by Gasteiger charge is -2.20. The molecule has 1 rings (SSSR count). The summed E-state index contributed by atoms with van der Waals surface area (Å²) in [5.41, 5.74) is 0. The monoisotopic (exact) mass is 144 g/mol. The predicted octanol–water partition coefficient (Wildman–Crippen LogP) is -0.812. The molecular formula is C5H8N2O3. The molecule has 3 amide bonds. The van der Waals surface area contributed by atoms with Gasteiger partial charge in [-0.05, 0) is 0 Å². The van der Waals surface area contributed by atoms with Crippen molar-refractivity contribution in [2.24, 2.45) is 0 Å². The van der Waals surface area contributed by atoms with Crippen molar-refractivity contribution >= 4 is 11.9 Å². The van der Waals surface area contributed by atoms with Crippen LogP contribution in [0.1, 0.15) is 6.42 Å². The van der Waals surface area contributed by atoms with Crippen molar-refractivity contribution in [3.8, 4) is 0 Å². The third-order valence-electron chi connectivity index (χ3n) is 1.20. The Morgan fingerprint density at radius 3 is 2.80 bits per heavy atom. The number of urea groups is 1. The highest BCUT2D eigenvalue weighted by Gasteiger charge is 2.22. The summed E-state index contributed by atoms with van der Waals surface area (Å²) in [7, 11) is 1.43. The second-order valence-corrected chi connectivity index (χ2v) is 1.95. The molecule has 1 unspecified atom stereocenters. The molecule has 0 aliphatic carbocycles. The smallest absolute Gasteiger partial charge is 0.323 e. The normalized spacial score (nSPS) is 25.5. The molecule has 0 aromatic carbocycles. The van der Waals surface area contributed by atoms with Crippen LogP contribution in [0, 0.1) is 0 Å². The van der Waals surface area contributed by atoms with Crippen LogP contribution in [0.25, 0.3) is 0 Å². The number of hydrogen-bond acceptors (Lipinski definition) is 3. The highest BCUT2D eigenvalue weighted by Crippen LogP contribution is 1.96. The van der Waals surface area contributed by atoms with Gasteiger partial charge in [-0.25, -0.2) is 4.79 Å². The maximum absolute atomic E-state index is 10.6. The van der Waals surface area contributed by atoms with Crippen LogP contribution in [0.5, 0.6) is 0 Å². The van der Waals surface area contributed by atoms with E-state index in [0.29, 0.717) is 0 Å². The minimum absolute atomic E-state index is 0.183. The number of ether oxygens (including phenoxy) is 1. The van der Waals surface area contributed by atoms with E-state index in [0.717, 1.165) is 0 Å². The van der Waals surface area contributed by atoms with Crippen molar-refractivity contribution in [1.82, 2.24) is 10.6 Å². The summed E-state index contributed by atoms with van der Waals surface area (Å²) in [5, 5.41) is 4.48. The summed E-state index contributed by atoms with van der Waals surface area (Å²) in [6, 6.07) is -0.497. The van der Waals surface area contributed by atoms with Gasteiger partial charge < -0.3 is 10.1 Å². The van der Waals surface area contributed by atoms with E-state index in [-0.39, 0.29) is 12.3 Å². The van der Waals surface area contributed by atoms with E-state index in [9.17, 15) is 9.59 Å². The second kappa shape index (κ2) is 2.66. The van der Waals surface area contributed by atoms with Gasteiger partial charge in [-0.2, -0.15) is 0 Å². The van der Waals surface area contributed by atoms with E-state index in [1.165, 1.54) is 7.11 Å². The van der Waals surface area contributed by atoms with E-state index in [1.54, 1.807) is 0 Å². The Bertz CT molecular complexity index is 152. The molecule has 1 fully saturated rings. The summed E-state index contributed by atoms with van der Waals surface area (Å²) < 4.78 is 4.74. The van der Waals surface area contributed by atoms with Crippen molar-refractivity contribution in [1.29, 1.82) is 0 Å². The first-order chi connectivity index (χ1) is 4.72. The molecule has 5 heteroatoms. The summed E-state index contributed by atoms with van der Waals surface area (Å²) in [5.74, 6) is -0.310. The van der Waals surface area contributed by atoms with Gasteiger partial charge in [0.25, 0.3) is 0 Å². The summed E-state index contributed by atoms with van der Waals surface area (Å²) >= 11 is 0.